The van der Waals surface area contributed by atoms with Crippen LogP contribution in [0.3, 0.4) is 0 Å². The molecular formula is C13H14N4O. The third kappa shape index (κ3) is 1.55. The van der Waals surface area contributed by atoms with Gasteiger partial charge in [-0.1, -0.05) is 5.16 Å². The summed E-state index contributed by atoms with van der Waals surface area (Å²) in [6, 6.07) is 4.02. The quantitative estimate of drug-likeness (QED) is 0.750. The Morgan fingerprint density at radius 2 is 2.06 bits per heavy atom. The van der Waals surface area contributed by atoms with Crippen molar-refractivity contribution < 1.29 is 4.52 Å². The molecule has 18 heavy (non-hydrogen) atoms. The Bertz CT molecular complexity index is 691. The van der Waals surface area contributed by atoms with Crippen molar-refractivity contribution in [3.63, 3.8) is 0 Å². The molecule has 0 aromatic carbocycles. The number of pyridine rings is 1. The normalized spacial score (nSPS) is 11.1. The SMILES string of the molecule is CNc1cn2cc(-c3c(C)noc3C)ccc2n1. The lowest BCUT2D eigenvalue weighted by atomic mass is 10.1. The molecule has 5 heteroatoms. The number of anilines is 1. The zero-order chi connectivity index (χ0) is 12.7. The second-order valence-electron chi connectivity index (χ2n) is 4.26. The molecule has 0 amide bonds. The number of fused-ring (bicyclic) bond motifs is 1. The Kier molecular flexibility index (Phi) is 2.33. The number of nitrogens with one attached hydrogen (secondary N) is 1. The molecule has 0 saturated carbocycles. The highest BCUT2D eigenvalue weighted by molar-refractivity contribution is 5.68. The summed E-state index contributed by atoms with van der Waals surface area (Å²) < 4.78 is 7.19. The van der Waals surface area contributed by atoms with E-state index in [0.29, 0.717) is 0 Å². The van der Waals surface area contributed by atoms with E-state index in [1.54, 1.807) is 0 Å². The van der Waals surface area contributed by atoms with Gasteiger partial charge in [0.15, 0.2) is 0 Å². The second-order valence-corrected chi connectivity index (χ2v) is 4.26. The van der Waals surface area contributed by atoms with Crippen LogP contribution in [0.4, 0.5) is 5.82 Å². The van der Waals surface area contributed by atoms with E-state index in [9.17, 15) is 0 Å². The first kappa shape index (κ1) is 10.8. The molecule has 0 saturated heterocycles. The van der Waals surface area contributed by atoms with E-state index in [-0.39, 0.29) is 0 Å². The van der Waals surface area contributed by atoms with Gasteiger partial charge in [-0.05, 0) is 26.0 Å². The van der Waals surface area contributed by atoms with E-state index in [0.717, 1.165) is 34.0 Å². The molecule has 3 aromatic rings. The molecule has 3 aromatic heterocycles. The molecule has 0 bridgehead atoms. The zero-order valence-electron chi connectivity index (χ0n) is 10.6. The lowest BCUT2D eigenvalue weighted by Crippen LogP contribution is -1.87. The minimum Gasteiger partial charge on any atom is -0.372 e. The third-order valence-electron chi connectivity index (χ3n) is 3.03. The third-order valence-corrected chi connectivity index (χ3v) is 3.03. The molecule has 0 atom stereocenters. The first-order chi connectivity index (χ1) is 8.69. The van der Waals surface area contributed by atoms with Crippen molar-refractivity contribution in [3.8, 4) is 11.1 Å². The van der Waals surface area contributed by atoms with E-state index in [1.807, 2.05) is 49.8 Å². The van der Waals surface area contributed by atoms with Crippen molar-refractivity contribution in [2.75, 3.05) is 12.4 Å². The van der Waals surface area contributed by atoms with Crippen LogP contribution in [-0.4, -0.2) is 21.6 Å². The van der Waals surface area contributed by atoms with Crippen LogP contribution in [0.25, 0.3) is 16.8 Å². The van der Waals surface area contributed by atoms with Gasteiger partial charge in [0.25, 0.3) is 0 Å². The van der Waals surface area contributed by atoms with Crippen LogP contribution in [0.15, 0.2) is 29.0 Å². The topological polar surface area (TPSA) is 55.4 Å². The maximum atomic E-state index is 5.20. The van der Waals surface area contributed by atoms with Crippen LogP contribution in [-0.2, 0) is 0 Å². The van der Waals surface area contributed by atoms with Crippen LogP contribution < -0.4 is 5.32 Å². The maximum absolute atomic E-state index is 5.20. The van der Waals surface area contributed by atoms with Crippen LogP contribution in [0.1, 0.15) is 11.5 Å². The Hall–Kier alpha value is -2.30. The summed E-state index contributed by atoms with van der Waals surface area (Å²) >= 11 is 0. The van der Waals surface area contributed by atoms with Crippen molar-refractivity contribution in [2.45, 2.75) is 13.8 Å². The lowest BCUT2D eigenvalue weighted by molar-refractivity contribution is 0.393. The molecule has 1 N–H and O–H groups in total. The van der Waals surface area contributed by atoms with Gasteiger partial charge in [0, 0.05) is 24.4 Å². The van der Waals surface area contributed by atoms with E-state index >= 15 is 0 Å². The lowest BCUT2D eigenvalue weighted by Gasteiger charge is -2.01. The largest absolute Gasteiger partial charge is 0.372 e. The number of hydrogen-bond acceptors (Lipinski definition) is 4. The number of hydrogen-bond donors (Lipinski definition) is 1. The maximum Gasteiger partial charge on any atom is 0.145 e. The van der Waals surface area contributed by atoms with Crippen molar-refractivity contribution in [1.82, 2.24) is 14.5 Å². The van der Waals surface area contributed by atoms with E-state index in [2.05, 4.69) is 15.5 Å². The van der Waals surface area contributed by atoms with Crippen molar-refractivity contribution >= 4 is 11.5 Å². The van der Waals surface area contributed by atoms with Gasteiger partial charge in [0.05, 0.1) is 11.9 Å². The highest BCUT2D eigenvalue weighted by Gasteiger charge is 2.12. The first-order valence-corrected chi connectivity index (χ1v) is 5.79. The summed E-state index contributed by atoms with van der Waals surface area (Å²) in [5.41, 5.74) is 3.95. The summed E-state index contributed by atoms with van der Waals surface area (Å²) in [4.78, 5) is 4.41. The van der Waals surface area contributed by atoms with Gasteiger partial charge in [-0.3, -0.25) is 0 Å². The molecule has 0 aliphatic rings. The summed E-state index contributed by atoms with van der Waals surface area (Å²) in [5.74, 6) is 1.69. The van der Waals surface area contributed by atoms with Gasteiger partial charge < -0.3 is 14.2 Å². The second kappa shape index (κ2) is 3.87. The Morgan fingerprint density at radius 1 is 1.22 bits per heavy atom. The Balaban J connectivity index is 2.19. The smallest absolute Gasteiger partial charge is 0.145 e. The molecule has 0 fully saturated rings. The van der Waals surface area contributed by atoms with Gasteiger partial charge in [0.2, 0.25) is 0 Å². The van der Waals surface area contributed by atoms with E-state index < -0.39 is 0 Å². The number of aromatic nitrogens is 3. The molecule has 0 spiro atoms. The minimum absolute atomic E-state index is 0.834. The van der Waals surface area contributed by atoms with Crippen molar-refractivity contribution in [2.24, 2.45) is 0 Å². The van der Waals surface area contributed by atoms with E-state index in [4.69, 9.17) is 4.52 Å². The summed E-state index contributed by atoms with van der Waals surface area (Å²) in [5, 5.41) is 7.01. The molecule has 5 nitrogen and oxygen atoms in total. The monoisotopic (exact) mass is 242 g/mol. The van der Waals surface area contributed by atoms with Crippen molar-refractivity contribution in [3.05, 3.63) is 36.0 Å². The number of nitrogens with zero attached hydrogens (tertiary/aromatic N) is 3. The molecule has 0 radical (unpaired) electrons. The number of imidazole rings is 1. The fourth-order valence-corrected chi connectivity index (χ4v) is 2.16. The molecule has 0 aliphatic carbocycles. The highest BCUT2D eigenvalue weighted by Crippen LogP contribution is 2.27. The van der Waals surface area contributed by atoms with Gasteiger partial charge in [-0.25, -0.2) is 4.98 Å². The fraction of sp³-hybridized carbons (Fsp3) is 0.231. The summed E-state index contributed by atoms with van der Waals surface area (Å²) in [7, 11) is 1.86. The average molecular weight is 242 g/mol. The standard InChI is InChI=1S/C13H14N4O/c1-8-13(9(2)18-16-8)10-4-5-12-15-11(14-3)7-17(12)6-10/h4-7,14H,1-3H3. The predicted molar refractivity (Wildman–Crippen MR) is 69.7 cm³/mol. The van der Waals surface area contributed by atoms with Gasteiger partial charge >= 0.3 is 0 Å². The Labute approximate surface area is 104 Å². The van der Waals surface area contributed by atoms with Crippen LogP contribution >= 0.6 is 0 Å². The van der Waals surface area contributed by atoms with Crippen LogP contribution in [0.2, 0.25) is 0 Å². The first-order valence-electron chi connectivity index (χ1n) is 5.79. The summed E-state index contributed by atoms with van der Waals surface area (Å²) in [6.45, 7) is 3.87. The average Bonchev–Trinajstić information content (AvgIpc) is 2.92. The van der Waals surface area contributed by atoms with E-state index in [1.165, 1.54) is 0 Å². The highest BCUT2D eigenvalue weighted by atomic mass is 16.5. The van der Waals surface area contributed by atoms with Crippen LogP contribution in [0.5, 0.6) is 0 Å². The van der Waals surface area contributed by atoms with Gasteiger partial charge in [-0.2, -0.15) is 0 Å². The molecule has 3 heterocycles. The zero-order valence-corrected chi connectivity index (χ0v) is 10.6. The van der Waals surface area contributed by atoms with Crippen molar-refractivity contribution in [1.29, 1.82) is 0 Å². The molecule has 3 rings (SSSR count). The van der Waals surface area contributed by atoms with Gasteiger partial charge in [-0.15, -0.1) is 0 Å². The molecule has 0 unspecified atom stereocenters. The predicted octanol–water partition coefficient (Wildman–Crippen LogP) is 2.65. The molecular weight excluding hydrogens is 228 g/mol. The summed E-state index contributed by atoms with van der Waals surface area (Å²) in [6.07, 6.45) is 3.99. The molecule has 0 aliphatic heterocycles. The fourth-order valence-electron chi connectivity index (χ4n) is 2.16. The Morgan fingerprint density at radius 3 is 2.72 bits per heavy atom. The number of rotatable bonds is 2. The number of aryl methyl sites for hydroxylation is 2. The molecule has 92 valence electrons. The van der Waals surface area contributed by atoms with Crippen LogP contribution in [0, 0.1) is 13.8 Å². The van der Waals surface area contributed by atoms with Gasteiger partial charge in [0.1, 0.15) is 17.2 Å². The minimum atomic E-state index is 0.834.